The smallest absolute Gasteiger partial charge is 0.462 e. The number of ether oxygens (including phenoxy) is 2. The minimum Gasteiger partial charge on any atom is -0.490 e. The van der Waals surface area contributed by atoms with Crippen molar-refractivity contribution in [3.63, 3.8) is 0 Å². The molecule has 0 amide bonds. The van der Waals surface area contributed by atoms with Crippen molar-refractivity contribution in [1.29, 1.82) is 0 Å². The fourth-order valence-electron chi connectivity index (χ4n) is 2.20. The summed E-state index contributed by atoms with van der Waals surface area (Å²) in [5.74, 6) is -5.88. The Balaban J connectivity index is 2.14. The van der Waals surface area contributed by atoms with Gasteiger partial charge in [-0.15, -0.1) is 0 Å². The fourth-order valence-corrected chi connectivity index (χ4v) is 2.39. The standard InChI is InChI=1S/C19H16ClF7N2O2/c1-2-30-16-9-12(10-28-29-19(26,27)17(21,22)18(23,24)25)7-8-15(16)31-11-13-5-3-4-6-14(13)20/h3-10,29H,2,11H2,1H3/b28-10+. The van der Waals surface area contributed by atoms with Crippen LogP contribution in [0.1, 0.15) is 18.1 Å². The van der Waals surface area contributed by atoms with Crippen LogP contribution in [0.5, 0.6) is 11.5 Å². The molecule has 0 radical (unpaired) electrons. The van der Waals surface area contributed by atoms with Crippen LogP contribution in [0.2, 0.25) is 5.02 Å². The molecule has 0 bridgehead atoms. The minimum atomic E-state index is -6.46. The van der Waals surface area contributed by atoms with Crippen LogP contribution < -0.4 is 14.9 Å². The molecule has 0 spiro atoms. The van der Waals surface area contributed by atoms with Crippen LogP contribution in [0.15, 0.2) is 47.6 Å². The average molecular weight is 473 g/mol. The number of nitrogens with zero attached hydrogens (tertiary/aromatic N) is 1. The zero-order valence-corrected chi connectivity index (χ0v) is 16.6. The van der Waals surface area contributed by atoms with Crippen LogP contribution in [-0.2, 0) is 6.61 Å². The molecule has 31 heavy (non-hydrogen) atoms. The Bertz CT molecular complexity index is 920. The fraction of sp³-hybridized carbons (Fsp3) is 0.316. The summed E-state index contributed by atoms with van der Waals surface area (Å²) in [4.78, 5) is 0. The average Bonchev–Trinajstić information content (AvgIpc) is 2.67. The summed E-state index contributed by atoms with van der Waals surface area (Å²) in [6.45, 7) is 1.96. The highest BCUT2D eigenvalue weighted by molar-refractivity contribution is 6.31. The van der Waals surface area contributed by atoms with E-state index in [4.69, 9.17) is 21.1 Å². The van der Waals surface area contributed by atoms with Crippen LogP contribution in [0, 0.1) is 0 Å². The third-order valence-corrected chi connectivity index (χ3v) is 4.15. The van der Waals surface area contributed by atoms with Crippen LogP contribution in [0.25, 0.3) is 0 Å². The highest BCUT2D eigenvalue weighted by Crippen LogP contribution is 2.45. The predicted molar refractivity (Wildman–Crippen MR) is 100 cm³/mol. The molecule has 0 aliphatic heterocycles. The van der Waals surface area contributed by atoms with Crippen molar-refractivity contribution < 1.29 is 40.2 Å². The summed E-state index contributed by atoms with van der Waals surface area (Å²) >= 11 is 6.05. The molecule has 12 heteroatoms. The van der Waals surface area contributed by atoms with E-state index in [2.05, 4.69) is 5.10 Å². The van der Waals surface area contributed by atoms with Gasteiger partial charge in [0.15, 0.2) is 11.5 Å². The van der Waals surface area contributed by atoms with E-state index in [1.807, 2.05) is 0 Å². The van der Waals surface area contributed by atoms with Crippen LogP contribution >= 0.6 is 11.6 Å². The number of benzene rings is 2. The third-order valence-electron chi connectivity index (χ3n) is 3.78. The third kappa shape index (κ3) is 5.93. The Labute approximate surface area is 177 Å². The van der Waals surface area contributed by atoms with Gasteiger partial charge in [-0.25, -0.2) is 5.43 Å². The molecule has 2 aromatic carbocycles. The van der Waals surface area contributed by atoms with Gasteiger partial charge < -0.3 is 9.47 Å². The first-order valence-electron chi connectivity index (χ1n) is 8.64. The maximum Gasteiger partial charge on any atom is 0.462 e. The van der Waals surface area contributed by atoms with Crippen molar-refractivity contribution in [2.75, 3.05) is 6.61 Å². The molecular formula is C19H16ClF7N2O2. The molecule has 0 unspecified atom stereocenters. The lowest BCUT2D eigenvalue weighted by molar-refractivity contribution is -0.361. The number of hydrogen-bond acceptors (Lipinski definition) is 4. The van der Waals surface area contributed by atoms with Crippen molar-refractivity contribution >= 4 is 17.8 Å². The molecule has 2 aromatic rings. The molecule has 0 fully saturated rings. The van der Waals surface area contributed by atoms with Crippen LogP contribution in [0.4, 0.5) is 30.7 Å². The van der Waals surface area contributed by atoms with Crippen molar-refractivity contribution in [3.8, 4) is 11.5 Å². The quantitative estimate of drug-likeness (QED) is 0.210. The Kier molecular flexibility index (Phi) is 7.63. The Morgan fingerprint density at radius 1 is 0.968 bits per heavy atom. The first-order valence-corrected chi connectivity index (χ1v) is 9.02. The van der Waals surface area contributed by atoms with E-state index in [0.29, 0.717) is 22.2 Å². The van der Waals surface area contributed by atoms with E-state index in [0.717, 1.165) is 0 Å². The van der Waals surface area contributed by atoms with E-state index < -0.39 is 18.1 Å². The van der Waals surface area contributed by atoms with E-state index in [9.17, 15) is 30.7 Å². The second kappa shape index (κ2) is 9.63. The monoisotopic (exact) mass is 472 g/mol. The first kappa shape index (κ1) is 24.6. The Morgan fingerprint density at radius 2 is 1.65 bits per heavy atom. The number of nitrogens with one attached hydrogen (secondary N) is 1. The maximum absolute atomic E-state index is 13.2. The molecule has 0 aromatic heterocycles. The number of hydrazone groups is 1. The van der Waals surface area contributed by atoms with Crippen molar-refractivity contribution in [3.05, 3.63) is 58.6 Å². The highest BCUT2D eigenvalue weighted by Gasteiger charge is 2.73. The van der Waals surface area contributed by atoms with E-state index in [-0.39, 0.29) is 30.3 Å². The van der Waals surface area contributed by atoms with Gasteiger partial charge in [0, 0.05) is 10.6 Å². The lowest BCUT2D eigenvalue weighted by Gasteiger charge is -2.27. The maximum atomic E-state index is 13.2. The topological polar surface area (TPSA) is 42.8 Å². The summed E-state index contributed by atoms with van der Waals surface area (Å²) in [6, 6.07) is 5.27. The summed E-state index contributed by atoms with van der Waals surface area (Å²) in [6.07, 6.45) is -5.82. The predicted octanol–water partition coefficient (Wildman–Crippen LogP) is 6.03. The van der Waals surface area contributed by atoms with E-state index in [1.54, 1.807) is 31.2 Å². The Morgan fingerprint density at radius 3 is 2.26 bits per heavy atom. The summed E-state index contributed by atoms with van der Waals surface area (Å²) < 4.78 is 99.5. The van der Waals surface area contributed by atoms with Crippen LogP contribution in [0.3, 0.4) is 0 Å². The molecular weight excluding hydrogens is 457 g/mol. The number of hydrogen-bond donors (Lipinski definition) is 1. The first-order chi connectivity index (χ1) is 14.4. The molecule has 170 valence electrons. The SMILES string of the molecule is CCOc1cc(/C=N/NC(F)(F)C(F)(F)C(F)(F)F)ccc1OCc1ccccc1Cl. The molecule has 4 nitrogen and oxygen atoms in total. The van der Waals surface area contributed by atoms with Gasteiger partial charge in [-0.3, -0.25) is 0 Å². The molecule has 0 aliphatic carbocycles. The zero-order valence-electron chi connectivity index (χ0n) is 15.8. The number of alkyl halides is 7. The van der Waals surface area contributed by atoms with Gasteiger partial charge in [-0.1, -0.05) is 29.8 Å². The molecule has 0 saturated heterocycles. The van der Waals surface area contributed by atoms with Gasteiger partial charge in [-0.05, 0) is 36.8 Å². The number of halogens is 8. The Hall–Kier alpha value is -2.69. The van der Waals surface area contributed by atoms with Gasteiger partial charge in [0.05, 0.1) is 12.8 Å². The minimum absolute atomic E-state index is 0.0761. The lowest BCUT2D eigenvalue weighted by atomic mass is 10.2. The summed E-state index contributed by atoms with van der Waals surface area (Å²) in [7, 11) is 0. The summed E-state index contributed by atoms with van der Waals surface area (Å²) in [5.41, 5.74) is 1.32. The van der Waals surface area contributed by atoms with Gasteiger partial charge in [0.2, 0.25) is 0 Å². The molecule has 0 aliphatic rings. The van der Waals surface area contributed by atoms with Crippen molar-refractivity contribution in [1.82, 2.24) is 5.43 Å². The van der Waals surface area contributed by atoms with Crippen molar-refractivity contribution in [2.24, 2.45) is 5.10 Å². The van der Waals surface area contributed by atoms with E-state index in [1.165, 1.54) is 18.2 Å². The van der Waals surface area contributed by atoms with Crippen LogP contribution in [-0.4, -0.2) is 31.0 Å². The summed E-state index contributed by atoms with van der Waals surface area (Å²) in [5, 5.41) is 3.29. The normalized spacial score (nSPS) is 12.8. The lowest BCUT2D eigenvalue weighted by Crippen LogP contribution is -2.58. The zero-order chi connectivity index (χ0) is 23.3. The molecule has 2 rings (SSSR count). The molecule has 0 atom stereocenters. The largest absolute Gasteiger partial charge is 0.490 e. The molecule has 0 heterocycles. The van der Waals surface area contributed by atoms with Gasteiger partial charge in [-0.2, -0.15) is 35.8 Å². The molecule has 0 saturated carbocycles. The van der Waals surface area contributed by atoms with Gasteiger partial charge in [0.1, 0.15) is 6.61 Å². The number of rotatable bonds is 9. The molecule has 1 N–H and O–H groups in total. The highest BCUT2D eigenvalue weighted by atomic mass is 35.5. The van der Waals surface area contributed by atoms with Gasteiger partial charge >= 0.3 is 18.1 Å². The second-order valence-corrected chi connectivity index (χ2v) is 6.44. The van der Waals surface area contributed by atoms with Crippen molar-refractivity contribution in [2.45, 2.75) is 31.7 Å². The van der Waals surface area contributed by atoms with E-state index >= 15 is 0 Å². The second-order valence-electron chi connectivity index (χ2n) is 6.04. The van der Waals surface area contributed by atoms with Gasteiger partial charge in [0.25, 0.3) is 0 Å².